The highest BCUT2D eigenvalue weighted by molar-refractivity contribution is 6.24. The number of benzene rings is 5. The summed E-state index contributed by atoms with van der Waals surface area (Å²) in [6.45, 7) is 0. The zero-order chi connectivity index (χ0) is 20.4. The molecule has 0 unspecified atom stereocenters. The Morgan fingerprint density at radius 3 is 2.26 bits per heavy atom. The molecular weight excluding hydrogens is 372 g/mol. The molecule has 0 fully saturated rings. The monoisotopic (exact) mass is 396 g/mol. The molecule has 0 N–H and O–H groups in total. The molecular formula is C31H24. The van der Waals surface area contributed by atoms with Crippen molar-refractivity contribution in [2.45, 2.75) is 32.1 Å². The van der Waals surface area contributed by atoms with Crippen molar-refractivity contribution in [3.8, 4) is 33.4 Å². The Kier molecular flexibility index (Phi) is 3.66. The van der Waals surface area contributed by atoms with Crippen molar-refractivity contribution >= 4 is 21.5 Å². The summed E-state index contributed by atoms with van der Waals surface area (Å²) in [7, 11) is 0. The second kappa shape index (κ2) is 6.56. The molecule has 0 saturated heterocycles. The summed E-state index contributed by atoms with van der Waals surface area (Å²) >= 11 is 0. The van der Waals surface area contributed by atoms with Crippen molar-refractivity contribution in [3.63, 3.8) is 0 Å². The van der Waals surface area contributed by atoms with Gasteiger partial charge in [-0.2, -0.15) is 0 Å². The Labute approximate surface area is 183 Å². The predicted molar refractivity (Wildman–Crippen MR) is 133 cm³/mol. The number of fused-ring (bicyclic) bond motifs is 2. The third-order valence-corrected chi connectivity index (χ3v) is 7.40. The molecule has 2 bridgehead atoms. The minimum Gasteiger partial charge on any atom is -0.0622 e. The maximum Gasteiger partial charge on any atom is -0.00197 e. The molecule has 2 aliphatic rings. The van der Waals surface area contributed by atoms with Crippen molar-refractivity contribution < 1.29 is 0 Å². The van der Waals surface area contributed by atoms with E-state index in [-0.39, 0.29) is 0 Å². The van der Waals surface area contributed by atoms with E-state index >= 15 is 0 Å². The molecule has 0 aromatic heterocycles. The van der Waals surface area contributed by atoms with Gasteiger partial charge in [-0.15, -0.1) is 0 Å². The molecule has 2 aliphatic carbocycles. The topological polar surface area (TPSA) is 0 Å². The normalized spacial score (nSPS) is 14.5. The first kappa shape index (κ1) is 17.3. The van der Waals surface area contributed by atoms with Crippen LogP contribution in [0, 0.1) is 0 Å². The minimum absolute atomic E-state index is 1.16. The van der Waals surface area contributed by atoms with Gasteiger partial charge in [-0.05, 0) is 97.8 Å². The van der Waals surface area contributed by atoms with E-state index in [9.17, 15) is 0 Å². The second-order valence-corrected chi connectivity index (χ2v) is 9.11. The van der Waals surface area contributed by atoms with Crippen molar-refractivity contribution in [1.82, 2.24) is 0 Å². The standard InChI is InChI=1S/C31H24/c1-3-10-20(11-4-1)27-19-22-13-5-2-6-15-25(27)31-28-18-21-12-7-8-14-23(21)24-16-9-17-26(29(22)31)30(24)28/h1,3-4,7-12,14,16-19H,2,5-6,13,15H2. The third-order valence-electron chi connectivity index (χ3n) is 7.40. The van der Waals surface area contributed by atoms with Gasteiger partial charge in [-0.3, -0.25) is 0 Å². The van der Waals surface area contributed by atoms with Crippen molar-refractivity contribution in [3.05, 3.63) is 96.1 Å². The summed E-state index contributed by atoms with van der Waals surface area (Å²) in [6.07, 6.45) is 6.21. The molecule has 0 atom stereocenters. The van der Waals surface area contributed by atoms with Crippen LogP contribution in [0.4, 0.5) is 0 Å². The van der Waals surface area contributed by atoms with Gasteiger partial charge in [0.1, 0.15) is 0 Å². The van der Waals surface area contributed by atoms with Gasteiger partial charge in [-0.1, -0.05) is 85.3 Å². The summed E-state index contributed by atoms with van der Waals surface area (Å²) < 4.78 is 0. The van der Waals surface area contributed by atoms with Gasteiger partial charge in [0, 0.05) is 0 Å². The highest BCUT2D eigenvalue weighted by atomic mass is 14.3. The van der Waals surface area contributed by atoms with Gasteiger partial charge in [0.15, 0.2) is 0 Å². The quantitative estimate of drug-likeness (QED) is 0.244. The first-order valence-electron chi connectivity index (χ1n) is 11.6. The van der Waals surface area contributed by atoms with E-state index in [4.69, 9.17) is 0 Å². The van der Waals surface area contributed by atoms with Crippen molar-refractivity contribution in [2.24, 2.45) is 0 Å². The molecule has 0 amide bonds. The predicted octanol–water partition coefficient (Wildman–Crippen LogP) is 8.58. The minimum atomic E-state index is 1.16. The molecule has 0 radical (unpaired) electrons. The number of rotatable bonds is 1. The van der Waals surface area contributed by atoms with Gasteiger partial charge in [0.05, 0.1) is 0 Å². The average molecular weight is 397 g/mol. The molecule has 0 aliphatic heterocycles. The van der Waals surface area contributed by atoms with Crippen molar-refractivity contribution in [1.29, 1.82) is 0 Å². The van der Waals surface area contributed by atoms with Crippen LogP contribution >= 0.6 is 0 Å². The Balaban J connectivity index is 1.67. The lowest BCUT2D eigenvalue weighted by atomic mass is 9.85. The molecule has 0 heteroatoms. The summed E-state index contributed by atoms with van der Waals surface area (Å²) in [5, 5.41) is 5.58. The molecule has 0 heterocycles. The van der Waals surface area contributed by atoms with E-state index in [0.29, 0.717) is 0 Å². The zero-order valence-corrected chi connectivity index (χ0v) is 17.6. The van der Waals surface area contributed by atoms with Crippen LogP contribution < -0.4 is 0 Å². The maximum absolute atomic E-state index is 2.53. The highest BCUT2D eigenvalue weighted by Gasteiger charge is 2.29. The lowest BCUT2D eigenvalue weighted by molar-refractivity contribution is 0.686. The molecule has 0 spiro atoms. The van der Waals surface area contributed by atoms with Gasteiger partial charge in [0.25, 0.3) is 0 Å². The van der Waals surface area contributed by atoms with Crippen LogP contribution in [0.1, 0.15) is 30.4 Å². The van der Waals surface area contributed by atoms with E-state index in [1.807, 2.05) is 0 Å². The first-order chi connectivity index (χ1) is 15.4. The van der Waals surface area contributed by atoms with Crippen molar-refractivity contribution in [2.75, 3.05) is 0 Å². The number of hydrogen-bond acceptors (Lipinski definition) is 0. The van der Waals surface area contributed by atoms with E-state index in [0.717, 1.165) is 6.42 Å². The summed E-state index contributed by atoms with van der Waals surface area (Å²) in [5.41, 5.74) is 11.8. The van der Waals surface area contributed by atoms with E-state index in [1.165, 1.54) is 86.2 Å². The Bertz CT molecular complexity index is 1490. The zero-order valence-electron chi connectivity index (χ0n) is 17.6. The molecule has 31 heavy (non-hydrogen) atoms. The fraction of sp³-hybridized carbons (Fsp3) is 0.161. The molecule has 5 aromatic carbocycles. The van der Waals surface area contributed by atoms with Crippen LogP contribution in [0.25, 0.3) is 54.9 Å². The van der Waals surface area contributed by atoms with Crippen LogP contribution in [0.3, 0.4) is 0 Å². The molecule has 5 aromatic rings. The number of hydrogen-bond donors (Lipinski definition) is 0. The van der Waals surface area contributed by atoms with Crippen LogP contribution in [0.15, 0.2) is 84.9 Å². The first-order valence-corrected chi connectivity index (χ1v) is 11.6. The second-order valence-electron chi connectivity index (χ2n) is 9.11. The Morgan fingerprint density at radius 1 is 0.516 bits per heavy atom. The summed E-state index contributed by atoms with van der Waals surface area (Å²) in [4.78, 5) is 0. The molecule has 7 rings (SSSR count). The molecule has 148 valence electrons. The fourth-order valence-corrected chi connectivity index (χ4v) is 6.08. The Hall–Kier alpha value is -3.38. The van der Waals surface area contributed by atoms with Gasteiger partial charge in [0.2, 0.25) is 0 Å². The fourth-order valence-electron chi connectivity index (χ4n) is 6.08. The van der Waals surface area contributed by atoms with E-state index in [2.05, 4.69) is 84.9 Å². The van der Waals surface area contributed by atoms with Gasteiger partial charge < -0.3 is 0 Å². The third kappa shape index (κ3) is 2.42. The summed E-state index contributed by atoms with van der Waals surface area (Å²) in [5.74, 6) is 0. The van der Waals surface area contributed by atoms with Crippen LogP contribution in [0.2, 0.25) is 0 Å². The van der Waals surface area contributed by atoms with Crippen LogP contribution in [-0.2, 0) is 12.8 Å². The van der Waals surface area contributed by atoms with Gasteiger partial charge in [-0.25, -0.2) is 0 Å². The largest absolute Gasteiger partial charge is 0.0622 e. The van der Waals surface area contributed by atoms with Crippen LogP contribution in [-0.4, -0.2) is 0 Å². The van der Waals surface area contributed by atoms with Crippen LogP contribution in [0.5, 0.6) is 0 Å². The lowest BCUT2D eigenvalue weighted by Gasteiger charge is -2.18. The highest BCUT2D eigenvalue weighted by Crippen LogP contribution is 2.54. The van der Waals surface area contributed by atoms with Gasteiger partial charge >= 0.3 is 0 Å². The van der Waals surface area contributed by atoms with E-state index in [1.54, 1.807) is 5.56 Å². The molecule has 0 saturated carbocycles. The van der Waals surface area contributed by atoms with E-state index < -0.39 is 0 Å². The SMILES string of the molecule is c1ccc(-c2cc3c4c(c2CCCCC3)-c2cc3ccccc3c3cccc-4c23)cc1. The Morgan fingerprint density at radius 2 is 1.32 bits per heavy atom. The summed E-state index contributed by atoms with van der Waals surface area (Å²) in [6, 6.07) is 31.9. The number of aryl methyl sites for hydroxylation is 1. The average Bonchev–Trinajstić information content (AvgIpc) is 3.23. The molecule has 0 nitrogen and oxygen atoms in total. The lowest BCUT2D eigenvalue weighted by Crippen LogP contribution is -1.97. The maximum atomic E-state index is 2.53. The smallest absolute Gasteiger partial charge is 0.00197 e.